The van der Waals surface area contributed by atoms with Gasteiger partial charge in [-0.2, -0.15) is 0 Å². The normalized spacial score (nSPS) is 13.7. The minimum absolute atomic E-state index is 0.0693. The number of aliphatic hydroxyl groups excluding tert-OH is 1. The van der Waals surface area contributed by atoms with Crippen molar-refractivity contribution in [2.45, 2.75) is 65.3 Å². The number of phenols is 1. The number of aliphatic hydroxyl groups is 1. The molecule has 3 unspecified atom stereocenters. The Labute approximate surface area is 218 Å². The summed E-state index contributed by atoms with van der Waals surface area (Å²) in [5.74, 6) is -1.40. The molecule has 0 aromatic heterocycles. The Kier molecular flexibility index (Phi) is 10.9. The molecule has 0 fully saturated rings. The number of hydrogen-bond donors (Lipinski definition) is 4. The lowest BCUT2D eigenvalue weighted by Gasteiger charge is -2.35. The number of nitrogens with zero attached hydrogens (tertiary/aromatic N) is 1. The van der Waals surface area contributed by atoms with Crippen molar-refractivity contribution in [2.75, 3.05) is 13.2 Å². The molecule has 0 aliphatic carbocycles. The molecule has 4 N–H and O–H groups in total. The van der Waals surface area contributed by atoms with Gasteiger partial charge in [-0.15, -0.1) is 0 Å². The van der Waals surface area contributed by atoms with E-state index in [1.807, 2.05) is 44.2 Å². The van der Waals surface area contributed by atoms with Gasteiger partial charge in [0.2, 0.25) is 11.8 Å². The molecule has 0 aliphatic heterocycles. The molecule has 37 heavy (non-hydrogen) atoms. The third-order valence-electron chi connectivity index (χ3n) is 5.83. The molecule has 3 atom stereocenters. The molecule has 9 heteroatoms. The molecule has 2 aromatic carbocycles. The Balaban J connectivity index is 2.44. The predicted octanol–water partition coefficient (Wildman–Crippen LogP) is 3.51. The van der Waals surface area contributed by atoms with Crippen LogP contribution in [0.2, 0.25) is 0 Å². The molecule has 0 radical (unpaired) electrons. The average Bonchev–Trinajstić information content (AvgIpc) is 2.84. The van der Waals surface area contributed by atoms with Crippen LogP contribution in [-0.4, -0.2) is 57.8 Å². The second-order valence-electron chi connectivity index (χ2n) is 9.97. The number of carbonyl (C=O) groups is 3. The molecule has 0 saturated carbocycles. The SMILES string of the molecule is CCC(C)C(NC(=O)OC(C)(C)C)C(=O)N(CCO)C(C(=O)NCc1ccccc1)c1cccc(O)c1. The third-order valence-corrected chi connectivity index (χ3v) is 5.83. The van der Waals surface area contributed by atoms with Crippen molar-refractivity contribution >= 4 is 17.9 Å². The molecular weight excluding hydrogens is 474 g/mol. The van der Waals surface area contributed by atoms with Crippen molar-refractivity contribution in [2.24, 2.45) is 5.92 Å². The summed E-state index contributed by atoms with van der Waals surface area (Å²) in [5, 5.41) is 25.5. The first kappa shape index (κ1) is 29.6. The Morgan fingerprint density at radius 3 is 2.30 bits per heavy atom. The average molecular weight is 514 g/mol. The van der Waals surface area contributed by atoms with Crippen molar-refractivity contribution in [1.29, 1.82) is 0 Å². The van der Waals surface area contributed by atoms with Crippen molar-refractivity contribution in [1.82, 2.24) is 15.5 Å². The third kappa shape index (κ3) is 9.09. The highest BCUT2D eigenvalue weighted by molar-refractivity contribution is 5.92. The fraction of sp³-hybridized carbons (Fsp3) is 0.464. The van der Waals surface area contributed by atoms with Crippen LogP contribution in [0, 0.1) is 5.92 Å². The van der Waals surface area contributed by atoms with E-state index in [0.29, 0.717) is 12.0 Å². The van der Waals surface area contributed by atoms with Gasteiger partial charge in [-0.25, -0.2) is 4.79 Å². The maximum atomic E-state index is 13.9. The lowest BCUT2D eigenvalue weighted by Crippen LogP contribution is -2.55. The number of phenolic OH excluding ortho intramolecular Hbond substituents is 1. The van der Waals surface area contributed by atoms with E-state index in [1.54, 1.807) is 32.9 Å². The number of amides is 3. The van der Waals surface area contributed by atoms with Crippen LogP contribution in [0.3, 0.4) is 0 Å². The van der Waals surface area contributed by atoms with Crippen LogP contribution in [0.4, 0.5) is 4.79 Å². The fourth-order valence-corrected chi connectivity index (χ4v) is 3.82. The standard InChI is InChI=1S/C28H39N3O6/c1-6-19(2)23(30-27(36)37-28(3,4)5)26(35)31(15-16-32)24(21-13-10-14-22(33)17-21)25(34)29-18-20-11-8-7-9-12-20/h7-14,17,19,23-24,32-33H,6,15-16,18H2,1-5H3,(H,29,34)(H,30,36). The maximum absolute atomic E-state index is 13.9. The summed E-state index contributed by atoms with van der Waals surface area (Å²) in [6.07, 6.45) is -0.187. The van der Waals surface area contributed by atoms with Crippen molar-refractivity contribution in [3.8, 4) is 5.75 Å². The topological polar surface area (TPSA) is 128 Å². The van der Waals surface area contributed by atoms with Crippen molar-refractivity contribution < 1.29 is 29.3 Å². The van der Waals surface area contributed by atoms with Crippen LogP contribution in [0.25, 0.3) is 0 Å². The highest BCUT2D eigenvalue weighted by Gasteiger charge is 2.38. The number of nitrogens with one attached hydrogen (secondary N) is 2. The monoisotopic (exact) mass is 513 g/mol. The fourth-order valence-electron chi connectivity index (χ4n) is 3.82. The molecule has 0 bridgehead atoms. The Morgan fingerprint density at radius 1 is 1.05 bits per heavy atom. The zero-order valence-corrected chi connectivity index (χ0v) is 22.2. The zero-order chi connectivity index (χ0) is 27.6. The van der Waals surface area contributed by atoms with Crippen LogP contribution in [0.1, 0.15) is 58.2 Å². The van der Waals surface area contributed by atoms with Gasteiger partial charge >= 0.3 is 6.09 Å². The van der Waals surface area contributed by atoms with E-state index < -0.39 is 42.2 Å². The van der Waals surface area contributed by atoms with Gasteiger partial charge in [-0.3, -0.25) is 9.59 Å². The summed E-state index contributed by atoms with van der Waals surface area (Å²) in [6.45, 7) is 8.51. The van der Waals surface area contributed by atoms with Crippen LogP contribution in [0.15, 0.2) is 54.6 Å². The number of ether oxygens (including phenoxy) is 1. The van der Waals surface area contributed by atoms with Crippen LogP contribution < -0.4 is 10.6 Å². The molecule has 0 aliphatic rings. The van der Waals surface area contributed by atoms with Gasteiger partial charge < -0.3 is 30.5 Å². The Bertz CT molecular complexity index is 1040. The first-order chi connectivity index (χ1) is 17.5. The van der Waals surface area contributed by atoms with Gasteiger partial charge in [0.1, 0.15) is 23.4 Å². The minimum atomic E-state index is -1.16. The van der Waals surface area contributed by atoms with E-state index in [1.165, 1.54) is 17.0 Å². The van der Waals surface area contributed by atoms with Crippen molar-refractivity contribution in [3.05, 3.63) is 65.7 Å². The zero-order valence-electron chi connectivity index (χ0n) is 22.2. The van der Waals surface area contributed by atoms with E-state index in [-0.39, 0.29) is 24.8 Å². The number of alkyl carbamates (subject to hydrolysis) is 1. The number of benzene rings is 2. The largest absolute Gasteiger partial charge is 0.508 e. The molecule has 0 spiro atoms. The summed E-state index contributed by atoms with van der Waals surface area (Å²) in [7, 11) is 0. The highest BCUT2D eigenvalue weighted by atomic mass is 16.6. The molecule has 0 saturated heterocycles. The van der Waals surface area contributed by atoms with E-state index >= 15 is 0 Å². The maximum Gasteiger partial charge on any atom is 0.408 e. The van der Waals surface area contributed by atoms with Gasteiger partial charge in [0, 0.05) is 13.1 Å². The summed E-state index contributed by atoms with van der Waals surface area (Å²) >= 11 is 0. The van der Waals surface area contributed by atoms with Gasteiger partial charge in [0.05, 0.1) is 6.61 Å². The first-order valence-electron chi connectivity index (χ1n) is 12.5. The Morgan fingerprint density at radius 2 is 1.73 bits per heavy atom. The highest BCUT2D eigenvalue weighted by Crippen LogP contribution is 2.27. The molecular formula is C28H39N3O6. The quantitative estimate of drug-likeness (QED) is 0.364. The first-order valence-corrected chi connectivity index (χ1v) is 12.5. The smallest absolute Gasteiger partial charge is 0.408 e. The van der Waals surface area contributed by atoms with Gasteiger partial charge in [0.25, 0.3) is 0 Å². The molecule has 3 amide bonds. The second-order valence-corrected chi connectivity index (χ2v) is 9.97. The van der Waals surface area contributed by atoms with Gasteiger partial charge in [0.15, 0.2) is 0 Å². The van der Waals surface area contributed by atoms with E-state index in [0.717, 1.165) is 5.56 Å². The summed E-state index contributed by atoms with van der Waals surface area (Å²) in [6, 6.07) is 13.2. The minimum Gasteiger partial charge on any atom is -0.508 e. The molecule has 2 aromatic rings. The van der Waals surface area contributed by atoms with Crippen molar-refractivity contribution in [3.63, 3.8) is 0 Å². The molecule has 202 valence electrons. The molecule has 9 nitrogen and oxygen atoms in total. The number of hydrogen-bond acceptors (Lipinski definition) is 6. The Hall–Kier alpha value is -3.59. The summed E-state index contributed by atoms with van der Waals surface area (Å²) in [5.41, 5.74) is 0.474. The van der Waals surface area contributed by atoms with E-state index in [4.69, 9.17) is 4.74 Å². The van der Waals surface area contributed by atoms with E-state index in [2.05, 4.69) is 10.6 Å². The number of rotatable bonds is 11. The number of aromatic hydroxyl groups is 1. The van der Waals surface area contributed by atoms with Gasteiger partial charge in [-0.1, -0.05) is 62.7 Å². The van der Waals surface area contributed by atoms with Crippen LogP contribution in [-0.2, 0) is 20.9 Å². The lowest BCUT2D eigenvalue weighted by molar-refractivity contribution is -0.144. The summed E-state index contributed by atoms with van der Waals surface area (Å²) < 4.78 is 5.37. The lowest BCUT2D eigenvalue weighted by atomic mass is 9.95. The van der Waals surface area contributed by atoms with Crippen LogP contribution >= 0.6 is 0 Å². The second kappa shape index (κ2) is 13.6. The van der Waals surface area contributed by atoms with Gasteiger partial charge in [-0.05, 0) is 49.9 Å². The summed E-state index contributed by atoms with van der Waals surface area (Å²) in [4.78, 5) is 41.3. The molecule has 0 heterocycles. The van der Waals surface area contributed by atoms with E-state index in [9.17, 15) is 24.6 Å². The molecule has 2 rings (SSSR count). The number of carbonyl (C=O) groups excluding carboxylic acids is 3. The predicted molar refractivity (Wildman–Crippen MR) is 141 cm³/mol. The van der Waals surface area contributed by atoms with Crippen LogP contribution in [0.5, 0.6) is 5.75 Å².